The normalized spacial score (nSPS) is 19.6. The van der Waals surface area contributed by atoms with Crippen LogP contribution < -0.4 is 4.74 Å². The van der Waals surface area contributed by atoms with Gasteiger partial charge in [-0.05, 0) is 59.6 Å². The lowest BCUT2D eigenvalue weighted by Crippen LogP contribution is -2.58. The quantitative estimate of drug-likeness (QED) is 0.549. The molecule has 1 aliphatic rings. The van der Waals surface area contributed by atoms with Gasteiger partial charge in [-0.25, -0.2) is 4.39 Å². The van der Waals surface area contributed by atoms with E-state index in [1.165, 1.54) is 18.2 Å². The number of aldehydes is 1. The number of amides is 1. The lowest BCUT2D eigenvalue weighted by molar-refractivity contribution is -0.139. The van der Waals surface area contributed by atoms with Crippen LogP contribution in [-0.2, 0) is 11.3 Å². The van der Waals surface area contributed by atoms with E-state index in [1.807, 2.05) is 6.92 Å². The Morgan fingerprint density at radius 2 is 1.93 bits per heavy atom. The Labute approximate surface area is 188 Å². The van der Waals surface area contributed by atoms with Gasteiger partial charge in [0.05, 0.1) is 10.0 Å². The molecule has 0 aromatic heterocycles. The maximum Gasteiger partial charge on any atom is 0.260 e. The van der Waals surface area contributed by atoms with Crippen LogP contribution in [0, 0.1) is 5.82 Å². The highest BCUT2D eigenvalue weighted by Crippen LogP contribution is 2.32. The van der Waals surface area contributed by atoms with Crippen molar-refractivity contribution >= 4 is 39.7 Å². The van der Waals surface area contributed by atoms with Gasteiger partial charge in [-0.1, -0.05) is 23.7 Å². The number of halogens is 3. The van der Waals surface area contributed by atoms with Gasteiger partial charge in [0.25, 0.3) is 5.91 Å². The molecular formula is C22H23BrClFN2O3. The minimum absolute atomic E-state index is 0.00283. The lowest BCUT2D eigenvalue weighted by atomic mass is 10.1. The van der Waals surface area contributed by atoms with Crippen molar-refractivity contribution in [2.24, 2.45) is 0 Å². The van der Waals surface area contributed by atoms with E-state index in [1.54, 1.807) is 23.1 Å². The smallest absolute Gasteiger partial charge is 0.260 e. The number of benzene rings is 2. The van der Waals surface area contributed by atoms with Gasteiger partial charge in [0, 0.05) is 36.7 Å². The van der Waals surface area contributed by atoms with Crippen LogP contribution in [0.3, 0.4) is 0 Å². The third-order valence-electron chi connectivity index (χ3n) is 5.24. The molecule has 0 radical (unpaired) electrons. The number of hydrogen-bond acceptors (Lipinski definition) is 4. The number of nitrogens with zero attached hydrogens (tertiary/aromatic N) is 2. The molecule has 1 aliphatic heterocycles. The zero-order valence-corrected chi connectivity index (χ0v) is 19.1. The van der Waals surface area contributed by atoms with Crippen LogP contribution in [0.4, 0.5) is 4.39 Å². The second kappa shape index (κ2) is 9.90. The molecule has 2 aromatic rings. The second-order valence-corrected chi connectivity index (χ2v) is 8.80. The van der Waals surface area contributed by atoms with Crippen LogP contribution in [0.15, 0.2) is 40.9 Å². The average molecular weight is 498 g/mol. The molecule has 3 rings (SSSR count). The first-order chi connectivity index (χ1) is 14.3. The summed E-state index contributed by atoms with van der Waals surface area (Å²) >= 11 is 9.28. The Kier molecular flexibility index (Phi) is 7.50. The van der Waals surface area contributed by atoms with Gasteiger partial charge >= 0.3 is 0 Å². The van der Waals surface area contributed by atoms with Crippen molar-refractivity contribution in [3.05, 3.63) is 62.8 Å². The number of hydrogen-bond donors (Lipinski definition) is 0. The number of piperazine rings is 1. The van der Waals surface area contributed by atoms with Gasteiger partial charge in [-0.2, -0.15) is 0 Å². The summed E-state index contributed by atoms with van der Waals surface area (Å²) < 4.78 is 19.3. The first kappa shape index (κ1) is 22.7. The Morgan fingerprint density at radius 3 is 2.60 bits per heavy atom. The highest BCUT2D eigenvalue weighted by molar-refractivity contribution is 9.10. The van der Waals surface area contributed by atoms with Crippen molar-refractivity contribution in [2.45, 2.75) is 32.5 Å². The van der Waals surface area contributed by atoms with E-state index < -0.39 is 0 Å². The van der Waals surface area contributed by atoms with Gasteiger partial charge in [-0.3, -0.25) is 14.5 Å². The van der Waals surface area contributed by atoms with Crippen molar-refractivity contribution < 1.29 is 18.7 Å². The number of carbonyl (C=O) groups is 2. The molecule has 1 amide bonds. The minimum atomic E-state index is -0.249. The number of rotatable bonds is 6. The Balaban J connectivity index is 1.61. The van der Waals surface area contributed by atoms with E-state index in [-0.39, 0.29) is 36.0 Å². The van der Waals surface area contributed by atoms with Crippen LogP contribution >= 0.6 is 27.5 Å². The van der Waals surface area contributed by atoms with E-state index in [2.05, 4.69) is 27.8 Å². The largest absolute Gasteiger partial charge is 0.482 e. The molecule has 1 heterocycles. The summed E-state index contributed by atoms with van der Waals surface area (Å²) in [4.78, 5) is 28.2. The van der Waals surface area contributed by atoms with Crippen LogP contribution in [0.2, 0.25) is 5.02 Å². The van der Waals surface area contributed by atoms with Crippen molar-refractivity contribution in [3.63, 3.8) is 0 Å². The van der Waals surface area contributed by atoms with E-state index in [0.717, 1.165) is 5.56 Å². The predicted octanol–water partition coefficient (Wildman–Crippen LogP) is 4.55. The molecule has 0 bridgehead atoms. The zero-order valence-electron chi connectivity index (χ0n) is 16.8. The molecule has 0 aliphatic carbocycles. The molecule has 2 atom stereocenters. The van der Waals surface area contributed by atoms with Crippen molar-refractivity contribution in [3.8, 4) is 5.75 Å². The first-order valence-electron chi connectivity index (χ1n) is 9.63. The molecule has 5 nitrogen and oxygen atoms in total. The summed E-state index contributed by atoms with van der Waals surface area (Å²) in [6.07, 6.45) is 0.648. The maximum absolute atomic E-state index is 13.1. The zero-order chi connectivity index (χ0) is 21.8. The van der Waals surface area contributed by atoms with Gasteiger partial charge < -0.3 is 9.64 Å². The van der Waals surface area contributed by atoms with Gasteiger partial charge in [0.2, 0.25) is 0 Å². The number of ether oxygens (including phenoxy) is 1. The molecule has 8 heteroatoms. The molecular weight excluding hydrogens is 475 g/mol. The number of carbonyl (C=O) groups excluding carboxylic acids is 2. The summed E-state index contributed by atoms with van der Waals surface area (Å²) in [7, 11) is 0. The fourth-order valence-electron chi connectivity index (χ4n) is 3.63. The molecule has 30 heavy (non-hydrogen) atoms. The SMILES string of the molecule is CC1CN(C(=O)COc2c(Br)cc(Cl)cc2C=O)C(C)CN1Cc1ccc(F)cc1. The van der Waals surface area contributed by atoms with Gasteiger partial charge in [0.1, 0.15) is 11.6 Å². The molecule has 0 spiro atoms. The Hall–Kier alpha value is -1.96. The summed E-state index contributed by atoms with van der Waals surface area (Å²) in [6, 6.07) is 9.75. The minimum Gasteiger partial charge on any atom is -0.482 e. The lowest BCUT2D eigenvalue weighted by Gasteiger charge is -2.44. The average Bonchev–Trinajstić information content (AvgIpc) is 2.70. The first-order valence-corrected chi connectivity index (χ1v) is 10.8. The summed E-state index contributed by atoms with van der Waals surface area (Å²) in [5.41, 5.74) is 1.32. The monoisotopic (exact) mass is 496 g/mol. The van der Waals surface area contributed by atoms with Crippen LogP contribution in [0.25, 0.3) is 0 Å². The van der Waals surface area contributed by atoms with Gasteiger partial charge in [0.15, 0.2) is 12.9 Å². The molecule has 0 saturated carbocycles. The maximum atomic E-state index is 13.1. The van der Waals surface area contributed by atoms with E-state index in [0.29, 0.717) is 41.2 Å². The van der Waals surface area contributed by atoms with Crippen LogP contribution in [0.5, 0.6) is 5.75 Å². The predicted molar refractivity (Wildman–Crippen MR) is 117 cm³/mol. The molecule has 0 N–H and O–H groups in total. The standard InChI is InChI=1S/C22H23BrClFN2O3/c1-14-10-27(15(2)9-26(14)11-16-3-5-19(25)6-4-16)21(29)13-30-22-17(12-28)7-18(24)8-20(22)23/h3-8,12,14-15H,9-11,13H2,1-2H3. The molecule has 1 saturated heterocycles. The highest BCUT2D eigenvalue weighted by Gasteiger charge is 2.32. The fraction of sp³-hybridized carbons (Fsp3) is 0.364. The van der Waals surface area contributed by atoms with E-state index in [9.17, 15) is 14.0 Å². The third kappa shape index (κ3) is 5.39. The Morgan fingerprint density at radius 1 is 1.23 bits per heavy atom. The molecule has 1 fully saturated rings. The van der Waals surface area contributed by atoms with Crippen molar-refractivity contribution in [2.75, 3.05) is 19.7 Å². The summed E-state index contributed by atoms with van der Waals surface area (Å²) in [5.74, 6) is -0.0893. The van der Waals surface area contributed by atoms with E-state index >= 15 is 0 Å². The molecule has 2 unspecified atom stereocenters. The Bertz CT molecular complexity index is 925. The molecule has 160 valence electrons. The van der Waals surface area contributed by atoms with E-state index in [4.69, 9.17) is 16.3 Å². The summed E-state index contributed by atoms with van der Waals surface area (Å²) in [6.45, 7) is 5.86. The van der Waals surface area contributed by atoms with Crippen molar-refractivity contribution in [1.82, 2.24) is 9.80 Å². The van der Waals surface area contributed by atoms with Crippen LogP contribution in [-0.4, -0.2) is 53.8 Å². The topological polar surface area (TPSA) is 49.9 Å². The molecule has 2 aromatic carbocycles. The highest BCUT2D eigenvalue weighted by atomic mass is 79.9. The fourth-order valence-corrected chi connectivity index (χ4v) is 4.58. The van der Waals surface area contributed by atoms with Gasteiger partial charge in [-0.15, -0.1) is 0 Å². The van der Waals surface area contributed by atoms with Crippen molar-refractivity contribution in [1.29, 1.82) is 0 Å². The summed E-state index contributed by atoms with van der Waals surface area (Å²) in [5, 5.41) is 0.405. The van der Waals surface area contributed by atoms with Crippen LogP contribution in [0.1, 0.15) is 29.8 Å². The third-order valence-corrected chi connectivity index (χ3v) is 6.05. The second-order valence-electron chi connectivity index (χ2n) is 7.51.